The van der Waals surface area contributed by atoms with Gasteiger partial charge in [0.05, 0.1) is 0 Å². The van der Waals surface area contributed by atoms with Crippen molar-refractivity contribution < 1.29 is 4.79 Å². The molecule has 2 rings (SSSR count). The van der Waals surface area contributed by atoms with Crippen LogP contribution in [0, 0.1) is 5.92 Å². The molecule has 0 aromatic heterocycles. The highest BCUT2D eigenvalue weighted by atomic mass is 16.2. The van der Waals surface area contributed by atoms with Crippen molar-refractivity contribution in [2.75, 3.05) is 13.1 Å². The zero-order chi connectivity index (χ0) is 14.4. The maximum atomic E-state index is 12.4. The molecule has 3 nitrogen and oxygen atoms in total. The molecule has 0 spiro atoms. The number of hydrogen-bond donors (Lipinski definition) is 1. The van der Waals surface area contributed by atoms with E-state index in [0.717, 1.165) is 25.8 Å². The zero-order valence-corrected chi connectivity index (χ0v) is 12.4. The molecule has 1 aliphatic heterocycles. The van der Waals surface area contributed by atoms with Crippen LogP contribution in [-0.2, 0) is 11.2 Å². The summed E-state index contributed by atoms with van der Waals surface area (Å²) in [5.41, 5.74) is 7.16. The third-order valence-electron chi connectivity index (χ3n) is 4.38. The smallest absolute Gasteiger partial charge is 0.222 e. The number of benzene rings is 1. The van der Waals surface area contributed by atoms with Crippen LogP contribution in [0.25, 0.3) is 0 Å². The van der Waals surface area contributed by atoms with Gasteiger partial charge < -0.3 is 10.6 Å². The summed E-state index contributed by atoms with van der Waals surface area (Å²) in [6.07, 6.45) is 4.84. The highest BCUT2D eigenvalue weighted by Gasteiger charge is 2.30. The molecule has 1 heterocycles. The van der Waals surface area contributed by atoms with E-state index in [9.17, 15) is 4.79 Å². The van der Waals surface area contributed by atoms with Crippen molar-refractivity contribution in [3.63, 3.8) is 0 Å². The number of nitrogens with zero attached hydrogens (tertiary/aromatic N) is 1. The van der Waals surface area contributed by atoms with Crippen LogP contribution in [0.15, 0.2) is 30.3 Å². The van der Waals surface area contributed by atoms with Crippen molar-refractivity contribution in [1.29, 1.82) is 0 Å². The number of carbonyl (C=O) groups is 1. The number of likely N-dealkylation sites (tertiary alicyclic amines) is 1. The fourth-order valence-corrected chi connectivity index (χ4v) is 3.15. The minimum absolute atomic E-state index is 0.243. The first-order valence-corrected chi connectivity index (χ1v) is 7.76. The summed E-state index contributed by atoms with van der Waals surface area (Å²) in [5, 5.41) is 0. The summed E-state index contributed by atoms with van der Waals surface area (Å²) in [6, 6.07) is 10.6. The summed E-state index contributed by atoms with van der Waals surface area (Å²) in [5.74, 6) is 0.815. The molecule has 1 aliphatic rings. The first kappa shape index (κ1) is 15.0. The van der Waals surface area contributed by atoms with E-state index in [-0.39, 0.29) is 11.9 Å². The molecule has 1 saturated heterocycles. The molecule has 20 heavy (non-hydrogen) atoms. The Labute approximate surface area is 122 Å². The van der Waals surface area contributed by atoms with Gasteiger partial charge in [-0.1, -0.05) is 37.3 Å². The lowest BCUT2D eigenvalue weighted by Crippen LogP contribution is -2.51. The summed E-state index contributed by atoms with van der Waals surface area (Å²) in [7, 11) is 0. The second-order valence-electron chi connectivity index (χ2n) is 5.85. The summed E-state index contributed by atoms with van der Waals surface area (Å²) in [6.45, 7) is 3.68. The lowest BCUT2D eigenvalue weighted by Gasteiger charge is -2.39. The fraction of sp³-hybridized carbons (Fsp3) is 0.588. The maximum Gasteiger partial charge on any atom is 0.222 e. The first-order valence-electron chi connectivity index (χ1n) is 7.76. The zero-order valence-electron chi connectivity index (χ0n) is 12.4. The van der Waals surface area contributed by atoms with E-state index < -0.39 is 0 Å². The van der Waals surface area contributed by atoms with Gasteiger partial charge >= 0.3 is 0 Å². The van der Waals surface area contributed by atoms with Crippen LogP contribution in [0.3, 0.4) is 0 Å². The van der Waals surface area contributed by atoms with Gasteiger partial charge in [0.15, 0.2) is 0 Å². The van der Waals surface area contributed by atoms with Crippen molar-refractivity contribution in [1.82, 2.24) is 4.90 Å². The highest BCUT2D eigenvalue weighted by molar-refractivity contribution is 5.76. The molecule has 1 fully saturated rings. The minimum atomic E-state index is 0.243. The van der Waals surface area contributed by atoms with Gasteiger partial charge in [-0.3, -0.25) is 4.79 Å². The highest BCUT2D eigenvalue weighted by Crippen LogP contribution is 2.23. The van der Waals surface area contributed by atoms with E-state index in [2.05, 4.69) is 19.1 Å². The van der Waals surface area contributed by atoms with E-state index in [1.54, 1.807) is 0 Å². The number of aryl methyl sites for hydroxylation is 1. The second-order valence-corrected chi connectivity index (χ2v) is 5.85. The number of piperidine rings is 1. The molecule has 3 heteroatoms. The Morgan fingerprint density at radius 3 is 2.80 bits per heavy atom. The van der Waals surface area contributed by atoms with E-state index in [0.29, 0.717) is 18.9 Å². The van der Waals surface area contributed by atoms with Crippen molar-refractivity contribution in [2.24, 2.45) is 11.7 Å². The molecular formula is C17H26N2O. The average Bonchev–Trinajstić information content (AvgIpc) is 2.48. The van der Waals surface area contributed by atoms with Crippen LogP contribution in [-0.4, -0.2) is 29.9 Å². The van der Waals surface area contributed by atoms with Crippen LogP contribution >= 0.6 is 0 Å². The number of hydrogen-bond acceptors (Lipinski definition) is 2. The van der Waals surface area contributed by atoms with Gasteiger partial charge in [0.25, 0.3) is 0 Å². The Hall–Kier alpha value is -1.35. The van der Waals surface area contributed by atoms with Crippen molar-refractivity contribution in [3.8, 4) is 0 Å². The monoisotopic (exact) mass is 274 g/mol. The number of amides is 1. The molecule has 2 unspecified atom stereocenters. The molecule has 1 aromatic rings. The number of nitrogens with two attached hydrogens (primary N) is 1. The van der Waals surface area contributed by atoms with E-state index in [1.807, 2.05) is 23.1 Å². The average molecular weight is 274 g/mol. The molecule has 110 valence electrons. The molecule has 0 bridgehead atoms. The Balaban J connectivity index is 1.82. The molecule has 2 atom stereocenters. The minimum Gasteiger partial charge on any atom is -0.338 e. The van der Waals surface area contributed by atoms with Gasteiger partial charge in [-0.2, -0.15) is 0 Å². The fourth-order valence-electron chi connectivity index (χ4n) is 3.15. The SMILES string of the molecule is CC1CCCN(C(=O)CCCc2ccccc2)C1CN. The van der Waals surface area contributed by atoms with E-state index in [4.69, 9.17) is 5.73 Å². The molecule has 1 amide bonds. The second kappa shape index (κ2) is 7.44. The number of carbonyl (C=O) groups excluding carboxylic acids is 1. The molecule has 0 saturated carbocycles. The van der Waals surface area contributed by atoms with Gasteiger partial charge in [-0.15, -0.1) is 0 Å². The third-order valence-corrected chi connectivity index (χ3v) is 4.38. The molecule has 1 aromatic carbocycles. The Bertz CT molecular complexity index is 418. The standard InChI is InChI=1S/C17H26N2O/c1-14-7-6-12-19(16(14)13-18)17(20)11-5-10-15-8-3-2-4-9-15/h2-4,8-9,14,16H,5-7,10-13,18H2,1H3. The molecule has 2 N–H and O–H groups in total. The molecule has 0 radical (unpaired) electrons. The first-order chi connectivity index (χ1) is 9.72. The third kappa shape index (κ3) is 3.83. The Morgan fingerprint density at radius 2 is 2.10 bits per heavy atom. The predicted octanol–water partition coefficient (Wildman–Crippen LogP) is 2.60. The molecule has 0 aliphatic carbocycles. The number of rotatable bonds is 5. The molecular weight excluding hydrogens is 248 g/mol. The van der Waals surface area contributed by atoms with E-state index >= 15 is 0 Å². The van der Waals surface area contributed by atoms with Crippen LogP contribution < -0.4 is 5.73 Å². The predicted molar refractivity (Wildman–Crippen MR) is 82.3 cm³/mol. The Morgan fingerprint density at radius 1 is 1.35 bits per heavy atom. The van der Waals surface area contributed by atoms with Crippen LogP contribution in [0.1, 0.15) is 38.2 Å². The Kier molecular flexibility index (Phi) is 5.60. The lowest BCUT2D eigenvalue weighted by atomic mass is 9.90. The van der Waals surface area contributed by atoms with Gasteiger partial charge in [-0.05, 0) is 37.2 Å². The largest absolute Gasteiger partial charge is 0.338 e. The quantitative estimate of drug-likeness (QED) is 0.897. The van der Waals surface area contributed by atoms with Gasteiger partial charge in [-0.25, -0.2) is 0 Å². The van der Waals surface area contributed by atoms with Gasteiger partial charge in [0, 0.05) is 25.6 Å². The topological polar surface area (TPSA) is 46.3 Å². The van der Waals surface area contributed by atoms with Crippen LogP contribution in [0.5, 0.6) is 0 Å². The van der Waals surface area contributed by atoms with Crippen molar-refractivity contribution >= 4 is 5.91 Å². The lowest BCUT2D eigenvalue weighted by molar-refractivity contribution is -0.136. The van der Waals surface area contributed by atoms with E-state index in [1.165, 1.54) is 12.0 Å². The van der Waals surface area contributed by atoms with Crippen molar-refractivity contribution in [3.05, 3.63) is 35.9 Å². The maximum absolute atomic E-state index is 12.4. The van der Waals surface area contributed by atoms with Crippen molar-refractivity contribution in [2.45, 2.75) is 45.1 Å². The summed E-state index contributed by atoms with van der Waals surface area (Å²) < 4.78 is 0. The van der Waals surface area contributed by atoms with Crippen LogP contribution in [0.4, 0.5) is 0 Å². The summed E-state index contributed by atoms with van der Waals surface area (Å²) >= 11 is 0. The van der Waals surface area contributed by atoms with Gasteiger partial charge in [0.2, 0.25) is 5.91 Å². The normalized spacial score (nSPS) is 22.8. The van der Waals surface area contributed by atoms with Gasteiger partial charge in [0.1, 0.15) is 0 Å². The summed E-state index contributed by atoms with van der Waals surface area (Å²) in [4.78, 5) is 14.4. The van der Waals surface area contributed by atoms with Crippen LogP contribution in [0.2, 0.25) is 0 Å².